The van der Waals surface area contributed by atoms with E-state index in [1.165, 1.54) is 4.90 Å². The molecule has 0 aliphatic heterocycles. The van der Waals surface area contributed by atoms with Gasteiger partial charge in [0.25, 0.3) is 5.91 Å². The third kappa shape index (κ3) is 3.50. The number of para-hydroxylation sites is 1. The molecule has 0 aliphatic rings. The highest BCUT2D eigenvalue weighted by Crippen LogP contribution is 2.39. The number of aromatic amines is 1. The molecule has 3 N–H and O–H groups in total. The molecule has 6 heteroatoms. The van der Waals surface area contributed by atoms with Gasteiger partial charge in [-0.05, 0) is 35.7 Å². The predicted molar refractivity (Wildman–Crippen MR) is 125 cm³/mol. The standard InChI is InChI=1S/C25H26N4O2/c1-5-16-19(15-10-11-21(26)18(12-15)25(30)29(2)3)13-27-24-23(16)20(14-28-24)17-8-6-7-9-22(17)31-4/h6-14H,5,26H2,1-4H3,(H,27,28). The second kappa shape index (κ2) is 8.14. The third-order valence-corrected chi connectivity index (χ3v) is 5.56. The highest BCUT2D eigenvalue weighted by Gasteiger charge is 2.19. The van der Waals surface area contributed by atoms with E-state index in [1.54, 1.807) is 27.3 Å². The lowest BCUT2D eigenvalue weighted by Crippen LogP contribution is -2.22. The fourth-order valence-corrected chi connectivity index (χ4v) is 4.01. The number of nitrogens with zero attached hydrogens (tertiary/aromatic N) is 2. The minimum Gasteiger partial charge on any atom is -0.496 e. The van der Waals surface area contributed by atoms with Gasteiger partial charge >= 0.3 is 0 Å². The second-order valence-electron chi connectivity index (χ2n) is 7.63. The summed E-state index contributed by atoms with van der Waals surface area (Å²) in [4.78, 5) is 22.1. The largest absolute Gasteiger partial charge is 0.496 e. The number of hydrogen-bond donors (Lipinski definition) is 2. The van der Waals surface area contributed by atoms with Crippen molar-refractivity contribution < 1.29 is 9.53 Å². The first kappa shape index (κ1) is 20.5. The van der Waals surface area contributed by atoms with Gasteiger partial charge in [-0.25, -0.2) is 4.98 Å². The molecule has 0 unspecified atom stereocenters. The number of amides is 1. The molecule has 0 saturated carbocycles. The van der Waals surface area contributed by atoms with Crippen LogP contribution in [0.1, 0.15) is 22.8 Å². The molecule has 0 spiro atoms. The van der Waals surface area contributed by atoms with Crippen molar-refractivity contribution >= 4 is 22.6 Å². The Morgan fingerprint density at radius 2 is 1.90 bits per heavy atom. The summed E-state index contributed by atoms with van der Waals surface area (Å²) in [7, 11) is 5.12. The molecule has 2 aromatic carbocycles. The van der Waals surface area contributed by atoms with Crippen molar-refractivity contribution in [2.75, 3.05) is 26.9 Å². The number of fused-ring (bicyclic) bond motifs is 1. The van der Waals surface area contributed by atoms with E-state index in [0.29, 0.717) is 11.3 Å². The summed E-state index contributed by atoms with van der Waals surface area (Å²) in [6.07, 6.45) is 4.64. The number of anilines is 1. The van der Waals surface area contributed by atoms with Crippen molar-refractivity contribution in [2.24, 2.45) is 0 Å². The molecular formula is C25H26N4O2. The van der Waals surface area contributed by atoms with Gasteiger partial charge in [-0.2, -0.15) is 0 Å². The number of nitrogens with two attached hydrogens (primary N) is 1. The Balaban J connectivity index is 1.96. The first-order valence-electron chi connectivity index (χ1n) is 10.2. The number of nitrogen functional groups attached to an aromatic ring is 1. The number of carbonyl (C=O) groups excluding carboxylic acids is 1. The lowest BCUT2D eigenvalue weighted by atomic mass is 9.93. The first-order valence-corrected chi connectivity index (χ1v) is 10.2. The predicted octanol–water partition coefficient (Wildman–Crippen LogP) is 4.75. The van der Waals surface area contributed by atoms with Gasteiger partial charge in [0.15, 0.2) is 0 Å². The van der Waals surface area contributed by atoms with Crippen LogP contribution in [0.5, 0.6) is 5.75 Å². The third-order valence-electron chi connectivity index (χ3n) is 5.56. The number of hydrogen-bond acceptors (Lipinski definition) is 4. The van der Waals surface area contributed by atoms with Crippen molar-refractivity contribution in [1.29, 1.82) is 0 Å². The molecular weight excluding hydrogens is 388 g/mol. The van der Waals surface area contributed by atoms with Crippen molar-refractivity contribution in [2.45, 2.75) is 13.3 Å². The highest BCUT2D eigenvalue weighted by molar-refractivity contribution is 6.02. The van der Waals surface area contributed by atoms with Gasteiger partial charge in [-0.15, -0.1) is 0 Å². The Morgan fingerprint density at radius 1 is 1.13 bits per heavy atom. The number of H-pyrrole nitrogens is 1. The maximum atomic E-state index is 12.6. The van der Waals surface area contributed by atoms with Crippen LogP contribution < -0.4 is 10.5 Å². The van der Waals surface area contributed by atoms with Gasteiger partial charge in [-0.1, -0.05) is 31.2 Å². The lowest BCUT2D eigenvalue weighted by molar-refractivity contribution is 0.0828. The van der Waals surface area contributed by atoms with Crippen LogP contribution in [-0.2, 0) is 6.42 Å². The van der Waals surface area contributed by atoms with Crippen molar-refractivity contribution in [3.05, 3.63) is 66.0 Å². The van der Waals surface area contributed by atoms with E-state index in [9.17, 15) is 4.79 Å². The summed E-state index contributed by atoms with van der Waals surface area (Å²) in [6, 6.07) is 13.5. The number of aromatic nitrogens is 2. The summed E-state index contributed by atoms with van der Waals surface area (Å²) in [5, 5.41) is 1.06. The molecule has 31 heavy (non-hydrogen) atoms. The average molecular weight is 415 g/mol. The minimum atomic E-state index is -0.122. The van der Waals surface area contributed by atoms with Crippen LogP contribution in [0.25, 0.3) is 33.3 Å². The molecule has 1 amide bonds. The Labute approximate surface area is 181 Å². The molecule has 0 aliphatic carbocycles. The minimum absolute atomic E-state index is 0.122. The van der Waals surface area contributed by atoms with E-state index in [0.717, 1.165) is 51.0 Å². The Bertz CT molecular complexity index is 1270. The fourth-order valence-electron chi connectivity index (χ4n) is 4.01. The molecule has 2 heterocycles. The maximum Gasteiger partial charge on any atom is 0.255 e. The second-order valence-corrected chi connectivity index (χ2v) is 7.63. The van der Waals surface area contributed by atoms with E-state index in [2.05, 4.69) is 16.9 Å². The fraction of sp³-hybridized carbons (Fsp3) is 0.200. The normalized spacial score (nSPS) is 11.0. The van der Waals surface area contributed by atoms with E-state index >= 15 is 0 Å². The number of methoxy groups -OCH3 is 1. The smallest absolute Gasteiger partial charge is 0.255 e. The molecule has 0 atom stereocenters. The zero-order valence-corrected chi connectivity index (χ0v) is 18.2. The van der Waals surface area contributed by atoms with Crippen molar-refractivity contribution in [3.63, 3.8) is 0 Å². The number of benzene rings is 2. The quantitative estimate of drug-likeness (QED) is 0.462. The molecule has 0 saturated heterocycles. The molecule has 0 radical (unpaired) electrons. The van der Waals surface area contributed by atoms with E-state index < -0.39 is 0 Å². The molecule has 158 valence electrons. The van der Waals surface area contributed by atoms with Crippen LogP contribution in [0.2, 0.25) is 0 Å². The van der Waals surface area contributed by atoms with Crippen LogP contribution in [0, 0.1) is 0 Å². The van der Waals surface area contributed by atoms with Crippen molar-refractivity contribution in [3.8, 4) is 28.0 Å². The molecule has 4 aromatic rings. The van der Waals surface area contributed by atoms with Crippen LogP contribution >= 0.6 is 0 Å². The number of carbonyl (C=O) groups is 1. The van der Waals surface area contributed by atoms with Crippen LogP contribution in [0.15, 0.2) is 54.9 Å². The van der Waals surface area contributed by atoms with Crippen LogP contribution in [0.3, 0.4) is 0 Å². The van der Waals surface area contributed by atoms with E-state index in [-0.39, 0.29) is 5.91 Å². The summed E-state index contributed by atoms with van der Waals surface area (Å²) in [5.41, 5.74) is 13.0. The average Bonchev–Trinajstić information content (AvgIpc) is 3.22. The van der Waals surface area contributed by atoms with Gasteiger partial charge in [-0.3, -0.25) is 4.79 Å². The number of rotatable bonds is 5. The number of pyridine rings is 1. The van der Waals surface area contributed by atoms with Gasteiger partial charge in [0.05, 0.1) is 12.7 Å². The first-order chi connectivity index (χ1) is 15.0. The van der Waals surface area contributed by atoms with Gasteiger partial charge in [0.1, 0.15) is 11.4 Å². The maximum absolute atomic E-state index is 12.6. The van der Waals surface area contributed by atoms with Gasteiger partial charge < -0.3 is 20.4 Å². The topological polar surface area (TPSA) is 84.2 Å². The monoisotopic (exact) mass is 414 g/mol. The van der Waals surface area contributed by atoms with Crippen LogP contribution in [0.4, 0.5) is 5.69 Å². The Hall–Kier alpha value is -3.80. The zero-order valence-electron chi connectivity index (χ0n) is 18.2. The number of ether oxygens (including phenoxy) is 1. The molecule has 0 bridgehead atoms. The highest BCUT2D eigenvalue weighted by atomic mass is 16.5. The Morgan fingerprint density at radius 3 is 2.61 bits per heavy atom. The summed E-state index contributed by atoms with van der Waals surface area (Å²) >= 11 is 0. The van der Waals surface area contributed by atoms with Crippen LogP contribution in [-0.4, -0.2) is 42.0 Å². The van der Waals surface area contributed by atoms with E-state index in [4.69, 9.17) is 10.5 Å². The Kier molecular flexibility index (Phi) is 5.38. The summed E-state index contributed by atoms with van der Waals surface area (Å²) in [6.45, 7) is 2.13. The molecule has 0 fully saturated rings. The summed E-state index contributed by atoms with van der Waals surface area (Å²) < 4.78 is 5.59. The van der Waals surface area contributed by atoms with Gasteiger partial charge in [0, 0.05) is 54.3 Å². The zero-order chi connectivity index (χ0) is 22.1. The van der Waals surface area contributed by atoms with Gasteiger partial charge in [0.2, 0.25) is 0 Å². The molecule has 2 aromatic heterocycles. The lowest BCUT2D eigenvalue weighted by Gasteiger charge is -2.16. The SMILES string of the molecule is CCc1c(-c2ccc(N)c(C(=O)N(C)C)c2)cnc2[nH]cc(-c3ccccc3OC)c12. The number of nitrogens with one attached hydrogen (secondary N) is 1. The molecule has 6 nitrogen and oxygen atoms in total. The summed E-state index contributed by atoms with van der Waals surface area (Å²) in [5.74, 6) is 0.685. The molecule has 4 rings (SSSR count). The van der Waals surface area contributed by atoms with E-state index in [1.807, 2.05) is 48.8 Å². The number of aryl methyl sites for hydroxylation is 1. The van der Waals surface area contributed by atoms with Crippen molar-refractivity contribution in [1.82, 2.24) is 14.9 Å².